The van der Waals surface area contributed by atoms with E-state index in [0.717, 1.165) is 18.8 Å². The third-order valence-corrected chi connectivity index (χ3v) is 5.93. The molecule has 1 aromatic carbocycles. The summed E-state index contributed by atoms with van der Waals surface area (Å²) in [5.74, 6) is 0. The van der Waals surface area contributed by atoms with Gasteiger partial charge in [-0.3, -0.25) is 4.72 Å². The van der Waals surface area contributed by atoms with Crippen LogP contribution < -0.4 is 15.4 Å². The first-order chi connectivity index (χ1) is 10.1. The van der Waals surface area contributed by atoms with Crippen molar-refractivity contribution in [3.05, 3.63) is 24.3 Å². The Morgan fingerprint density at radius 2 is 1.81 bits per heavy atom. The molecule has 1 heterocycles. The summed E-state index contributed by atoms with van der Waals surface area (Å²) >= 11 is 0. The van der Waals surface area contributed by atoms with Crippen LogP contribution in [0.4, 0.5) is 11.4 Å². The van der Waals surface area contributed by atoms with Crippen molar-refractivity contribution in [2.75, 3.05) is 29.3 Å². The number of sulfonamides is 1. The zero-order valence-electron chi connectivity index (χ0n) is 12.6. The molecular formula is C15H25N3O2S. The van der Waals surface area contributed by atoms with E-state index in [-0.39, 0.29) is 6.54 Å². The predicted octanol–water partition coefficient (Wildman–Crippen LogP) is 2.16. The van der Waals surface area contributed by atoms with Crippen LogP contribution in [0.2, 0.25) is 0 Å². The van der Waals surface area contributed by atoms with Crippen LogP contribution in [-0.4, -0.2) is 33.3 Å². The van der Waals surface area contributed by atoms with E-state index in [0.29, 0.717) is 12.1 Å². The summed E-state index contributed by atoms with van der Waals surface area (Å²) in [6.07, 6.45) is 4.26. The first-order valence-electron chi connectivity index (χ1n) is 7.63. The first-order valence-corrected chi connectivity index (χ1v) is 9.18. The van der Waals surface area contributed by atoms with Crippen molar-refractivity contribution in [2.24, 2.45) is 5.73 Å². The molecular weight excluding hydrogens is 286 g/mol. The molecule has 1 aromatic rings. The lowest BCUT2D eigenvalue weighted by Gasteiger charge is -2.29. The summed E-state index contributed by atoms with van der Waals surface area (Å²) in [5, 5.41) is -0.542. The second-order valence-corrected chi connectivity index (χ2v) is 7.47. The minimum atomic E-state index is -3.40. The Morgan fingerprint density at radius 3 is 2.33 bits per heavy atom. The normalized spacial score (nSPS) is 17.5. The second-order valence-electron chi connectivity index (χ2n) is 5.51. The number of hydrogen-bond donors (Lipinski definition) is 2. The van der Waals surface area contributed by atoms with Gasteiger partial charge < -0.3 is 10.6 Å². The monoisotopic (exact) mass is 311 g/mol. The van der Waals surface area contributed by atoms with Gasteiger partial charge in [-0.25, -0.2) is 8.42 Å². The quantitative estimate of drug-likeness (QED) is 0.844. The van der Waals surface area contributed by atoms with Crippen LogP contribution in [0.3, 0.4) is 0 Å². The number of nitrogens with two attached hydrogens (primary N) is 1. The second kappa shape index (κ2) is 7.13. The third kappa shape index (κ3) is 4.11. The molecule has 1 aliphatic rings. The lowest BCUT2D eigenvalue weighted by molar-refractivity contribution is 0.578. The standard InChI is InChI=1S/C15H25N3O2S/c1-2-15(12-16)21(19,20)17-13-6-8-14(9-7-13)18-10-4-3-5-11-18/h6-9,15,17H,2-5,10-12,16H2,1H3. The fourth-order valence-corrected chi connectivity index (χ4v) is 3.98. The maximum Gasteiger partial charge on any atom is 0.236 e. The number of nitrogens with one attached hydrogen (secondary N) is 1. The van der Waals surface area contributed by atoms with E-state index in [1.807, 2.05) is 31.2 Å². The van der Waals surface area contributed by atoms with Gasteiger partial charge in [0.25, 0.3) is 0 Å². The van der Waals surface area contributed by atoms with Crippen molar-refractivity contribution < 1.29 is 8.42 Å². The van der Waals surface area contributed by atoms with Crippen LogP contribution in [0.5, 0.6) is 0 Å². The highest BCUT2D eigenvalue weighted by molar-refractivity contribution is 7.93. The van der Waals surface area contributed by atoms with E-state index in [9.17, 15) is 8.42 Å². The summed E-state index contributed by atoms with van der Waals surface area (Å²) in [7, 11) is -3.40. The van der Waals surface area contributed by atoms with Gasteiger partial charge in [0.1, 0.15) is 0 Å². The van der Waals surface area contributed by atoms with Gasteiger partial charge in [0, 0.05) is 31.0 Å². The van der Waals surface area contributed by atoms with Crippen molar-refractivity contribution in [1.82, 2.24) is 0 Å². The minimum absolute atomic E-state index is 0.137. The number of piperidine rings is 1. The van der Waals surface area contributed by atoms with Crippen molar-refractivity contribution in [3.63, 3.8) is 0 Å². The highest BCUT2D eigenvalue weighted by Crippen LogP contribution is 2.22. The van der Waals surface area contributed by atoms with E-state index < -0.39 is 15.3 Å². The smallest absolute Gasteiger partial charge is 0.236 e. The molecule has 0 aromatic heterocycles. The minimum Gasteiger partial charge on any atom is -0.372 e. The highest BCUT2D eigenvalue weighted by atomic mass is 32.2. The maximum atomic E-state index is 12.1. The lowest BCUT2D eigenvalue weighted by atomic mass is 10.1. The Hall–Kier alpha value is -1.27. The topological polar surface area (TPSA) is 75.4 Å². The highest BCUT2D eigenvalue weighted by Gasteiger charge is 2.22. The molecule has 0 amide bonds. The molecule has 3 N–H and O–H groups in total. The Kier molecular flexibility index (Phi) is 5.47. The Balaban J connectivity index is 2.05. The first kappa shape index (κ1) is 16.1. The van der Waals surface area contributed by atoms with Gasteiger partial charge in [0.05, 0.1) is 5.25 Å². The lowest BCUT2D eigenvalue weighted by Crippen LogP contribution is -2.33. The number of anilines is 2. The molecule has 6 heteroatoms. The summed E-state index contributed by atoms with van der Waals surface area (Å²) < 4.78 is 26.9. The summed E-state index contributed by atoms with van der Waals surface area (Å²) in [6, 6.07) is 7.61. The summed E-state index contributed by atoms with van der Waals surface area (Å²) in [5.41, 5.74) is 7.27. The van der Waals surface area contributed by atoms with E-state index in [4.69, 9.17) is 5.73 Å². The SMILES string of the molecule is CCC(CN)S(=O)(=O)Nc1ccc(N2CCCCC2)cc1. The fraction of sp³-hybridized carbons (Fsp3) is 0.600. The van der Waals surface area contributed by atoms with E-state index in [2.05, 4.69) is 9.62 Å². The molecule has 1 atom stereocenters. The molecule has 0 radical (unpaired) electrons. The molecule has 0 aliphatic carbocycles. The van der Waals surface area contributed by atoms with Gasteiger partial charge in [-0.2, -0.15) is 0 Å². The van der Waals surface area contributed by atoms with Crippen molar-refractivity contribution in [2.45, 2.75) is 37.9 Å². The van der Waals surface area contributed by atoms with Crippen LogP contribution >= 0.6 is 0 Å². The van der Waals surface area contributed by atoms with Crippen LogP contribution in [0.15, 0.2) is 24.3 Å². The average molecular weight is 311 g/mol. The number of nitrogens with zero attached hydrogens (tertiary/aromatic N) is 1. The molecule has 0 bridgehead atoms. The predicted molar refractivity (Wildman–Crippen MR) is 88.2 cm³/mol. The molecule has 0 saturated carbocycles. The Labute approximate surface area is 127 Å². The van der Waals surface area contributed by atoms with E-state index in [1.54, 1.807) is 0 Å². The maximum absolute atomic E-state index is 12.1. The average Bonchev–Trinajstić information content (AvgIpc) is 2.49. The fourth-order valence-electron chi connectivity index (χ4n) is 2.65. The molecule has 118 valence electrons. The molecule has 1 unspecified atom stereocenters. The van der Waals surface area contributed by atoms with E-state index in [1.165, 1.54) is 19.3 Å². The third-order valence-electron chi connectivity index (χ3n) is 4.01. The van der Waals surface area contributed by atoms with Crippen LogP contribution in [0.25, 0.3) is 0 Å². The number of rotatable bonds is 6. The molecule has 1 fully saturated rings. The molecule has 1 saturated heterocycles. The summed E-state index contributed by atoms with van der Waals surface area (Å²) in [6.45, 7) is 4.13. The van der Waals surface area contributed by atoms with E-state index >= 15 is 0 Å². The van der Waals surface area contributed by atoms with Crippen molar-refractivity contribution >= 4 is 21.4 Å². The van der Waals surface area contributed by atoms with Gasteiger partial charge in [-0.05, 0) is 49.9 Å². The molecule has 0 spiro atoms. The van der Waals surface area contributed by atoms with Gasteiger partial charge in [-0.15, -0.1) is 0 Å². The Morgan fingerprint density at radius 1 is 1.19 bits per heavy atom. The molecule has 5 nitrogen and oxygen atoms in total. The molecule has 2 rings (SSSR count). The van der Waals surface area contributed by atoms with Gasteiger partial charge >= 0.3 is 0 Å². The number of benzene rings is 1. The van der Waals surface area contributed by atoms with Gasteiger partial charge in [0.15, 0.2) is 0 Å². The zero-order valence-corrected chi connectivity index (χ0v) is 13.4. The summed E-state index contributed by atoms with van der Waals surface area (Å²) in [4.78, 5) is 2.34. The van der Waals surface area contributed by atoms with Gasteiger partial charge in [0.2, 0.25) is 10.0 Å². The van der Waals surface area contributed by atoms with Crippen LogP contribution in [0.1, 0.15) is 32.6 Å². The van der Waals surface area contributed by atoms with Crippen LogP contribution in [0, 0.1) is 0 Å². The van der Waals surface area contributed by atoms with Crippen molar-refractivity contribution in [3.8, 4) is 0 Å². The van der Waals surface area contributed by atoms with Crippen LogP contribution in [-0.2, 0) is 10.0 Å². The number of hydrogen-bond acceptors (Lipinski definition) is 4. The van der Waals surface area contributed by atoms with Crippen molar-refractivity contribution in [1.29, 1.82) is 0 Å². The molecule has 21 heavy (non-hydrogen) atoms. The Bertz CT molecular complexity index is 533. The largest absolute Gasteiger partial charge is 0.372 e. The zero-order chi connectivity index (χ0) is 15.3. The van der Waals surface area contributed by atoms with Gasteiger partial charge in [-0.1, -0.05) is 6.92 Å². The molecule has 1 aliphatic heterocycles.